The van der Waals surface area contributed by atoms with Crippen molar-refractivity contribution < 1.29 is 23.4 Å². The number of benzene rings is 2. The van der Waals surface area contributed by atoms with Crippen LogP contribution in [0.5, 0.6) is 0 Å². The lowest BCUT2D eigenvalue weighted by molar-refractivity contribution is 0.0841. The molecule has 1 fully saturated rings. The first-order chi connectivity index (χ1) is 14.5. The Morgan fingerprint density at radius 2 is 1.90 bits per heavy atom. The van der Waals surface area contributed by atoms with Crippen LogP contribution < -0.4 is 0 Å². The third kappa shape index (κ3) is 2.99. The fraction of sp³-hybridized carbons (Fsp3) is 0.238. The first-order valence-corrected chi connectivity index (χ1v) is 10.5. The Bertz CT molecular complexity index is 1310. The van der Waals surface area contributed by atoms with Crippen LogP contribution >= 0.6 is 22.6 Å². The van der Waals surface area contributed by atoms with Crippen molar-refractivity contribution in [2.24, 2.45) is 0 Å². The number of fused-ring (bicyclic) bond motifs is 2. The van der Waals surface area contributed by atoms with E-state index in [9.17, 15) is 18.7 Å². The Morgan fingerprint density at radius 1 is 1.13 bits per heavy atom. The molecule has 3 heterocycles. The second-order valence-electron chi connectivity index (χ2n) is 7.29. The number of carboxylic acid groups (broad SMARTS) is 1. The van der Waals surface area contributed by atoms with E-state index in [1.807, 2.05) is 10.6 Å². The second-order valence-corrected chi connectivity index (χ2v) is 8.37. The van der Waals surface area contributed by atoms with Crippen LogP contribution in [0.25, 0.3) is 27.5 Å². The van der Waals surface area contributed by atoms with E-state index in [1.165, 1.54) is 12.3 Å². The molecule has 1 N–H and O–H groups in total. The van der Waals surface area contributed by atoms with Crippen molar-refractivity contribution in [2.45, 2.75) is 18.8 Å². The summed E-state index contributed by atoms with van der Waals surface area (Å²) in [5.41, 5.74) is 2.80. The molecule has 6 nitrogen and oxygen atoms in total. The standard InChI is InChI=1S/C21H16F2IN3O3/c22-15-2-1-13(8-16(15)23)26-18-7-12-10-25-27(21(28)29)17(12)9-14(18)19(24)20(26)11-3-5-30-6-4-11/h1-2,7-11H,3-6H2,(H,28,29). The van der Waals surface area contributed by atoms with E-state index in [1.54, 1.807) is 12.1 Å². The maximum Gasteiger partial charge on any atom is 0.432 e. The van der Waals surface area contributed by atoms with Crippen LogP contribution in [0.1, 0.15) is 24.5 Å². The highest BCUT2D eigenvalue weighted by Crippen LogP contribution is 2.40. The number of aromatic nitrogens is 3. The van der Waals surface area contributed by atoms with Gasteiger partial charge >= 0.3 is 6.09 Å². The van der Waals surface area contributed by atoms with Gasteiger partial charge in [0.05, 0.1) is 17.2 Å². The van der Waals surface area contributed by atoms with Gasteiger partial charge in [-0.25, -0.2) is 13.6 Å². The van der Waals surface area contributed by atoms with Crippen LogP contribution in [0.15, 0.2) is 36.5 Å². The van der Waals surface area contributed by atoms with Crippen LogP contribution in [0.2, 0.25) is 0 Å². The van der Waals surface area contributed by atoms with E-state index in [2.05, 4.69) is 27.7 Å². The Balaban J connectivity index is 1.85. The predicted octanol–water partition coefficient (Wildman–Crippen LogP) is 5.28. The molecule has 9 heteroatoms. The quantitative estimate of drug-likeness (QED) is 0.363. The molecule has 0 spiro atoms. The molecule has 2 aromatic carbocycles. The first-order valence-electron chi connectivity index (χ1n) is 9.43. The zero-order valence-corrected chi connectivity index (χ0v) is 17.8. The van der Waals surface area contributed by atoms with Gasteiger partial charge in [0.15, 0.2) is 11.6 Å². The molecule has 1 aliphatic heterocycles. The minimum atomic E-state index is -1.16. The molecule has 30 heavy (non-hydrogen) atoms. The Morgan fingerprint density at radius 3 is 2.60 bits per heavy atom. The van der Waals surface area contributed by atoms with Crippen LogP contribution in [0.3, 0.4) is 0 Å². The Kier molecular flexibility index (Phi) is 4.73. The molecule has 0 bridgehead atoms. The van der Waals surface area contributed by atoms with Crippen LogP contribution in [-0.2, 0) is 4.74 Å². The van der Waals surface area contributed by atoms with Crippen LogP contribution in [0, 0.1) is 15.2 Å². The summed E-state index contributed by atoms with van der Waals surface area (Å²) in [7, 11) is 0. The number of ether oxygens (including phenoxy) is 1. The Hall–Kier alpha value is -2.53. The number of nitrogens with zero attached hydrogens (tertiary/aromatic N) is 3. The third-order valence-corrected chi connectivity index (χ3v) is 6.71. The summed E-state index contributed by atoms with van der Waals surface area (Å²) in [6.07, 6.45) is 1.97. The van der Waals surface area contributed by atoms with Gasteiger partial charge in [-0.3, -0.25) is 0 Å². The summed E-state index contributed by atoms with van der Waals surface area (Å²) < 4.78 is 37.1. The molecule has 0 amide bonds. The smallest absolute Gasteiger partial charge is 0.432 e. The molecule has 1 aliphatic rings. The number of rotatable bonds is 2. The number of carbonyl (C=O) groups is 1. The zero-order chi connectivity index (χ0) is 21.0. The molecule has 0 radical (unpaired) electrons. The maximum atomic E-state index is 14.1. The topological polar surface area (TPSA) is 69.3 Å². The van der Waals surface area contributed by atoms with Crippen molar-refractivity contribution >= 4 is 50.5 Å². The largest absolute Gasteiger partial charge is 0.463 e. The molecule has 5 rings (SSSR count). The van der Waals surface area contributed by atoms with Crippen molar-refractivity contribution in [3.8, 4) is 5.69 Å². The molecule has 2 aromatic heterocycles. The van der Waals surface area contributed by atoms with E-state index in [-0.39, 0.29) is 5.92 Å². The lowest BCUT2D eigenvalue weighted by Gasteiger charge is -2.24. The van der Waals surface area contributed by atoms with Crippen molar-refractivity contribution in [1.82, 2.24) is 14.3 Å². The van der Waals surface area contributed by atoms with Gasteiger partial charge in [0.1, 0.15) is 0 Å². The van der Waals surface area contributed by atoms with Gasteiger partial charge in [0, 0.05) is 50.9 Å². The lowest BCUT2D eigenvalue weighted by atomic mass is 9.96. The highest BCUT2D eigenvalue weighted by Gasteiger charge is 2.27. The molecule has 0 aliphatic carbocycles. The fourth-order valence-electron chi connectivity index (χ4n) is 4.18. The van der Waals surface area contributed by atoms with E-state index in [0.29, 0.717) is 29.8 Å². The van der Waals surface area contributed by atoms with Gasteiger partial charge in [0.2, 0.25) is 0 Å². The molecule has 154 valence electrons. The minimum Gasteiger partial charge on any atom is -0.463 e. The lowest BCUT2D eigenvalue weighted by Crippen LogP contribution is -2.17. The number of hydrogen-bond donors (Lipinski definition) is 1. The summed E-state index contributed by atoms with van der Waals surface area (Å²) in [6.45, 7) is 1.27. The summed E-state index contributed by atoms with van der Waals surface area (Å²) >= 11 is 2.26. The van der Waals surface area contributed by atoms with Gasteiger partial charge in [0.25, 0.3) is 0 Å². The first kappa shape index (κ1) is 19.4. The van der Waals surface area contributed by atoms with Gasteiger partial charge in [-0.15, -0.1) is 0 Å². The minimum absolute atomic E-state index is 0.185. The molecular formula is C21H16F2IN3O3. The van der Waals surface area contributed by atoms with E-state index >= 15 is 0 Å². The molecule has 0 saturated carbocycles. The van der Waals surface area contributed by atoms with Crippen molar-refractivity contribution in [2.75, 3.05) is 13.2 Å². The normalized spacial score (nSPS) is 15.3. The molecule has 4 aromatic rings. The van der Waals surface area contributed by atoms with E-state index in [4.69, 9.17) is 4.74 Å². The summed E-state index contributed by atoms with van der Waals surface area (Å²) in [5.74, 6) is -1.63. The summed E-state index contributed by atoms with van der Waals surface area (Å²) in [6, 6.07) is 7.52. The van der Waals surface area contributed by atoms with Gasteiger partial charge in [-0.05, 0) is 59.7 Å². The second kappa shape index (κ2) is 7.31. The molecule has 1 saturated heterocycles. The monoisotopic (exact) mass is 523 g/mol. The van der Waals surface area contributed by atoms with Crippen LogP contribution in [-0.4, -0.2) is 38.8 Å². The molecular weight excluding hydrogens is 507 g/mol. The Labute approximate surface area is 183 Å². The fourth-order valence-corrected chi connectivity index (χ4v) is 5.29. The van der Waals surface area contributed by atoms with Crippen molar-refractivity contribution in [3.05, 3.63) is 57.4 Å². The predicted molar refractivity (Wildman–Crippen MR) is 115 cm³/mol. The van der Waals surface area contributed by atoms with Gasteiger partial charge in [-0.2, -0.15) is 9.78 Å². The highest BCUT2D eigenvalue weighted by molar-refractivity contribution is 14.1. The maximum absolute atomic E-state index is 14.1. The van der Waals surface area contributed by atoms with Crippen molar-refractivity contribution in [3.63, 3.8) is 0 Å². The van der Waals surface area contributed by atoms with E-state index in [0.717, 1.165) is 43.8 Å². The average Bonchev–Trinajstić information content (AvgIpc) is 3.28. The number of halogens is 3. The summed E-state index contributed by atoms with van der Waals surface area (Å²) in [4.78, 5) is 11.5. The highest BCUT2D eigenvalue weighted by atomic mass is 127. The number of hydrogen-bond acceptors (Lipinski definition) is 3. The summed E-state index contributed by atoms with van der Waals surface area (Å²) in [5, 5.41) is 14.9. The molecule has 0 atom stereocenters. The van der Waals surface area contributed by atoms with E-state index < -0.39 is 17.7 Å². The van der Waals surface area contributed by atoms with Gasteiger partial charge in [-0.1, -0.05) is 0 Å². The SMILES string of the molecule is O=C(O)n1ncc2cc3c(cc21)c(I)c(C1CCOCC1)n3-c1ccc(F)c(F)c1. The van der Waals surface area contributed by atoms with Crippen LogP contribution in [0.4, 0.5) is 13.6 Å². The zero-order valence-electron chi connectivity index (χ0n) is 15.6. The van der Waals surface area contributed by atoms with Gasteiger partial charge < -0.3 is 14.4 Å². The third-order valence-electron chi connectivity index (χ3n) is 5.58. The van der Waals surface area contributed by atoms with Crippen molar-refractivity contribution in [1.29, 1.82) is 0 Å². The molecule has 0 unspecified atom stereocenters. The average molecular weight is 523 g/mol.